The zero-order valence-electron chi connectivity index (χ0n) is 9.17. The van der Waals surface area contributed by atoms with Crippen LogP contribution in [0.3, 0.4) is 0 Å². The summed E-state index contributed by atoms with van der Waals surface area (Å²) in [5, 5.41) is 0.971. The largest absolute Gasteiger partial charge is 0.0840 e. The van der Waals surface area contributed by atoms with Crippen LogP contribution in [0, 0.1) is 11.3 Å². The Kier molecular flexibility index (Phi) is 2.10. The molecule has 15 heavy (non-hydrogen) atoms. The minimum Gasteiger partial charge on any atom is -0.0840 e. The van der Waals surface area contributed by atoms with Gasteiger partial charge in [0.05, 0.1) is 0 Å². The van der Waals surface area contributed by atoms with Crippen molar-refractivity contribution in [2.24, 2.45) is 11.3 Å². The number of rotatable bonds is 1. The lowest BCUT2D eigenvalue weighted by atomic mass is 9.78. The van der Waals surface area contributed by atoms with E-state index >= 15 is 0 Å². The quantitative estimate of drug-likeness (QED) is 0.647. The van der Waals surface area contributed by atoms with Gasteiger partial charge in [0.1, 0.15) is 0 Å². The molecule has 3 rings (SSSR count). The third kappa shape index (κ3) is 1.50. The number of hydrogen-bond donors (Lipinski definition) is 0. The van der Waals surface area contributed by atoms with Crippen LogP contribution in [-0.4, -0.2) is 0 Å². The van der Waals surface area contributed by atoms with Gasteiger partial charge in [0.25, 0.3) is 0 Å². The van der Waals surface area contributed by atoms with E-state index in [1.807, 2.05) is 12.1 Å². The Morgan fingerprint density at radius 3 is 2.67 bits per heavy atom. The number of benzene rings is 1. The summed E-state index contributed by atoms with van der Waals surface area (Å²) in [6, 6.07) is 8.40. The van der Waals surface area contributed by atoms with E-state index in [0.717, 1.165) is 16.9 Å². The topological polar surface area (TPSA) is 0 Å². The van der Waals surface area contributed by atoms with Crippen molar-refractivity contribution in [3.8, 4) is 0 Å². The van der Waals surface area contributed by atoms with Crippen molar-refractivity contribution in [2.75, 3.05) is 0 Å². The standard InChI is InChI=1S/C14H17Cl/c1-14-7-6-10(8-14)12(9-14)11-4-2-3-5-13(11)15/h2-5,10,12H,6-9H2,1H3/t10?,12-,14?/m0/s1. The molecule has 1 heteroatoms. The number of fused-ring (bicyclic) bond motifs is 2. The second-order valence-electron chi connectivity index (χ2n) is 5.65. The molecule has 3 atom stereocenters. The fraction of sp³-hybridized carbons (Fsp3) is 0.571. The molecule has 2 aliphatic rings. The highest BCUT2D eigenvalue weighted by molar-refractivity contribution is 6.31. The molecule has 0 saturated heterocycles. The van der Waals surface area contributed by atoms with E-state index in [0.29, 0.717) is 5.41 Å². The second-order valence-corrected chi connectivity index (χ2v) is 6.05. The smallest absolute Gasteiger partial charge is 0.0440 e. The summed E-state index contributed by atoms with van der Waals surface area (Å²) in [6.45, 7) is 2.45. The van der Waals surface area contributed by atoms with Gasteiger partial charge in [0, 0.05) is 5.02 Å². The van der Waals surface area contributed by atoms with E-state index in [1.165, 1.54) is 31.2 Å². The Morgan fingerprint density at radius 1 is 1.27 bits per heavy atom. The fourth-order valence-electron chi connectivity index (χ4n) is 3.74. The zero-order valence-corrected chi connectivity index (χ0v) is 9.93. The average molecular weight is 221 g/mol. The Labute approximate surface area is 96.6 Å². The lowest BCUT2D eigenvalue weighted by Crippen LogP contribution is -2.13. The molecular weight excluding hydrogens is 204 g/mol. The first-order valence-corrected chi connectivity index (χ1v) is 6.30. The highest BCUT2D eigenvalue weighted by Crippen LogP contribution is 2.60. The van der Waals surface area contributed by atoms with Crippen molar-refractivity contribution in [1.29, 1.82) is 0 Å². The molecule has 0 heterocycles. The molecule has 0 nitrogen and oxygen atoms in total. The summed E-state index contributed by atoms with van der Waals surface area (Å²) in [5.74, 6) is 1.63. The van der Waals surface area contributed by atoms with Crippen LogP contribution in [0.4, 0.5) is 0 Å². The maximum absolute atomic E-state index is 6.29. The van der Waals surface area contributed by atoms with Crippen LogP contribution in [-0.2, 0) is 0 Å². The molecule has 0 aliphatic heterocycles. The van der Waals surface area contributed by atoms with E-state index in [1.54, 1.807) is 0 Å². The van der Waals surface area contributed by atoms with Crippen LogP contribution in [0.15, 0.2) is 24.3 Å². The minimum absolute atomic E-state index is 0.620. The summed E-state index contributed by atoms with van der Waals surface area (Å²) >= 11 is 6.29. The molecule has 0 spiro atoms. The molecule has 2 saturated carbocycles. The van der Waals surface area contributed by atoms with Crippen molar-refractivity contribution in [3.63, 3.8) is 0 Å². The van der Waals surface area contributed by atoms with Crippen molar-refractivity contribution in [3.05, 3.63) is 34.9 Å². The summed E-state index contributed by atoms with van der Waals surface area (Å²) in [7, 11) is 0. The zero-order chi connectivity index (χ0) is 10.5. The lowest BCUT2D eigenvalue weighted by molar-refractivity contribution is 0.311. The van der Waals surface area contributed by atoms with Gasteiger partial charge in [0.2, 0.25) is 0 Å². The summed E-state index contributed by atoms with van der Waals surface area (Å²) in [5.41, 5.74) is 2.02. The van der Waals surface area contributed by atoms with Crippen molar-refractivity contribution in [1.82, 2.24) is 0 Å². The van der Waals surface area contributed by atoms with E-state index in [2.05, 4.69) is 19.1 Å². The van der Waals surface area contributed by atoms with Gasteiger partial charge >= 0.3 is 0 Å². The normalized spacial score (nSPS) is 38.5. The van der Waals surface area contributed by atoms with Gasteiger partial charge in [-0.25, -0.2) is 0 Å². The van der Waals surface area contributed by atoms with Gasteiger partial charge in [0.15, 0.2) is 0 Å². The molecule has 2 fully saturated rings. The van der Waals surface area contributed by atoms with Gasteiger partial charge in [-0.2, -0.15) is 0 Å². The van der Waals surface area contributed by atoms with Gasteiger partial charge < -0.3 is 0 Å². The Bertz CT molecular complexity index is 385. The van der Waals surface area contributed by atoms with Crippen molar-refractivity contribution in [2.45, 2.75) is 38.5 Å². The number of hydrogen-bond acceptors (Lipinski definition) is 0. The van der Waals surface area contributed by atoms with Gasteiger partial charge in [-0.05, 0) is 54.6 Å². The van der Waals surface area contributed by atoms with Gasteiger partial charge in [-0.3, -0.25) is 0 Å². The van der Waals surface area contributed by atoms with Crippen LogP contribution >= 0.6 is 11.6 Å². The predicted molar refractivity (Wildman–Crippen MR) is 64.3 cm³/mol. The first kappa shape index (κ1) is 9.72. The van der Waals surface area contributed by atoms with Gasteiger partial charge in [-0.15, -0.1) is 0 Å². The van der Waals surface area contributed by atoms with Crippen LogP contribution in [0.5, 0.6) is 0 Å². The van der Waals surface area contributed by atoms with Crippen LogP contribution in [0.25, 0.3) is 0 Å². The third-order valence-electron chi connectivity index (χ3n) is 4.46. The van der Waals surface area contributed by atoms with Crippen LogP contribution in [0.2, 0.25) is 5.02 Å². The van der Waals surface area contributed by atoms with E-state index < -0.39 is 0 Å². The molecular formula is C14H17Cl. The molecule has 1 aromatic rings. The minimum atomic E-state index is 0.620. The first-order valence-electron chi connectivity index (χ1n) is 5.92. The molecule has 1 aromatic carbocycles. The van der Waals surface area contributed by atoms with E-state index in [9.17, 15) is 0 Å². The van der Waals surface area contributed by atoms with E-state index in [4.69, 9.17) is 11.6 Å². The molecule has 80 valence electrons. The summed E-state index contributed by atoms with van der Waals surface area (Å²) in [6.07, 6.45) is 5.61. The van der Waals surface area contributed by atoms with E-state index in [-0.39, 0.29) is 0 Å². The second kappa shape index (κ2) is 3.25. The molecule has 0 amide bonds. The van der Waals surface area contributed by atoms with Crippen molar-refractivity contribution >= 4 is 11.6 Å². The summed E-state index contributed by atoms with van der Waals surface area (Å²) in [4.78, 5) is 0. The monoisotopic (exact) mass is 220 g/mol. The molecule has 0 radical (unpaired) electrons. The SMILES string of the molecule is CC12CCC(C1)[C@@H](c1ccccc1Cl)C2. The Morgan fingerprint density at radius 2 is 2.07 bits per heavy atom. The molecule has 2 bridgehead atoms. The van der Waals surface area contributed by atoms with Crippen LogP contribution < -0.4 is 0 Å². The summed E-state index contributed by atoms with van der Waals surface area (Å²) < 4.78 is 0. The lowest BCUT2D eigenvalue weighted by Gasteiger charge is -2.27. The maximum atomic E-state index is 6.29. The predicted octanol–water partition coefficient (Wildman–Crippen LogP) is 4.63. The highest BCUT2D eigenvalue weighted by atomic mass is 35.5. The van der Waals surface area contributed by atoms with Gasteiger partial charge in [-0.1, -0.05) is 36.7 Å². The molecule has 2 unspecified atom stereocenters. The molecule has 0 aromatic heterocycles. The molecule has 2 aliphatic carbocycles. The maximum Gasteiger partial charge on any atom is 0.0440 e. The number of halogens is 1. The highest BCUT2D eigenvalue weighted by Gasteiger charge is 2.48. The van der Waals surface area contributed by atoms with Crippen molar-refractivity contribution < 1.29 is 0 Å². The Hall–Kier alpha value is -0.490. The third-order valence-corrected chi connectivity index (χ3v) is 4.80. The fourth-order valence-corrected chi connectivity index (χ4v) is 4.01. The Balaban J connectivity index is 1.94. The van der Waals surface area contributed by atoms with Crippen LogP contribution in [0.1, 0.15) is 44.1 Å². The molecule has 0 N–H and O–H groups in total. The first-order chi connectivity index (χ1) is 7.18. The average Bonchev–Trinajstić information content (AvgIpc) is 2.73.